The van der Waals surface area contributed by atoms with Crippen LogP contribution in [0.3, 0.4) is 0 Å². The Labute approximate surface area is 145 Å². The monoisotopic (exact) mass is 360 g/mol. The highest BCUT2D eigenvalue weighted by Gasteiger charge is 2.13. The van der Waals surface area contributed by atoms with Gasteiger partial charge in [0.15, 0.2) is 0 Å². The molecule has 0 saturated carbocycles. The second-order valence-corrected chi connectivity index (χ2v) is 6.80. The summed E-state index contributed by atoms with van der Waals surface area (Å²) in [6, 6.07) is 0. The lowest BCUT2D eigenvalue weighted by molar-refractivity contribution is -0.118. The smallest absolute Gasteiger partial charge is 0.230 e. The predicted octanol–water partition coefficient (Wildman–Crippen LogP) is 2.55. The summed E-state index contributed by atoms with van der Waals surface area (Å²) in [6.45, 7) is 8.58. The number of thiophene rings is 1. The number of amides is 1. The number of nitrogens with one attached hydrogen (secondary N) is 2. The van der Waals surface area contributed by atoms with Crippen molar-refractivity contribution < 1.29 is 4.79 Å². The van der Waals surface area contributed by atoms with Gasteiger partial charge in [0.25, 0.3) is 0 Å². The third-order valence-electron chi connectivity index (χ3n) is 3.14. The van der Waals surface area contributed by atoms with Crippen LogP contribution in [0.25, 0.3) is 10.2 Å². The van der Waals surface area contributed by atoms with Crippen LogP contribution in [0.15, 0.2) is 11.4 Å². The second-order valence-electron chi connectivity index (χ2n) is 4.63. The Hall–Kier alpha value is -0.890. The standard InChI is InChI=1S/C14H20N4OS2.ClH/c1-4-15-5-6-16-11(19)7-20-13-12-9(2)10(3)21-14(12)18-8-17-13;/h8,15H,4-7H2,1-3H3,(H,16,19);1H. The predicted molar refractivity (Wildman–Crippen MR) is 96.4 cm³/mol. The number of rotatable bonds is 7. The van der Waals surface area contributed by atoms with Crippen molar-refractivity contribution in [3.8, 4) is 0 Å². The van der Waals surface area contributed by atoms with Crippen LogP contribution in [-0.2, 0) is 4.79 Å². The van der Waals surface area contributed by atoms with Crippen molar-refractivity contribution in [1.82, 2.24) is 20.6 Å². The van der Waals surface area contributed by atoms with Crippen LogP contribution in [0.2, 0.25) is 0 Å². The van der Waals surface area contributed by atoms with E-state index in [1.54, 1.807) is 17.7 Å². The summed E-state index contributed by atoms with van der Waals surface area (Å²) in [5.41, 5.74) is 1.21. The first kappa shape index (κ1) is 19.2. The summed E-state index contributed by atoms with van der Waals surface area (Å²) in [6.07, 6.45) is 1.57. The molecule has 5 nitrogen and oxygen atoms in total. The number of aryl methyl sites for hydroxylation is 2. The molecule has 0 fully saturated rings. The van der Waals surface area contributed by atoms with Gasteiger partial charge in [0.2, 0.25) is 5.91 Å². The largest absolute Gasteiger partial charge is 0.354 e. The van der Waals surface area contributed by atoms with Crippen LogP contribution in [0.1, 0.15) is 17.4 Å². The Kier molecular flexibility index (Phi) is 8.09. The molecule has 1 amide bonds. The SMILES string of the molecule is CCNCCNC(=O)CSc1ncnc2sc(C)c(C)c12.Cl. The Morgan fingerprint density at radius 2 is 2.09 bits per heavy atom. The number of carbonyl (C=O) groups excluding carboxylic acids is 1. The number of fused-ring (bicyclic) bond motifs is 1. The van der Waals surface area contributed by atoms with Crippen molar-refractivity contribution in [2.45, 2.75) is 25.8 Å². The van der Waals surface area contributed by atoms with Gasteiger partial charge >= 0.3 is 0 Å². The molecular formula is C14H21ClN4OS2. The Morgan fingerprint density at radius 3 is 2.82 bits per heavy atom. The summed E-state index contributed by atoms with van der Waals surface area (Å²) >= 11 is 3.15. The van der Waals surface area contributed by atoms with Crippen LogP contribution in [-0.4, -0.2) is 41.3 Å². The van der Waals surface area contributed by atoms with Gasteiger partial charge in [-0.1, -0.05) is 18.7 Å². The molecule has 0 spiro atoms. The third-order valence-corrected chi connectivity index (χ3v) is 5.25. The third kappa shape index (κ3) is 4.81. The van der Waals surface area contributed by atoms with E-state index in [-0.39, 0.29) is 18.3 Å². The number of carbonyl (C=O) groups is 1. The van der Waals surface area contributed by atoms with E-state index in [1.165, 1.54) is 22.2 Å². The maximum atomic E-state index is 11.8. The van der Waals surface area contributed by atoms with Crippen LogP contribution in [0.4, 0.5) is 0 Å². The van der Waals surface area contributed by atoms with E-state index in [0.29, 0.717) is 12.3 Å². The van der Waals surface area contributed by atoms with Gasteiger partial charge in [0.05, 0.1) is 5.75 Å². The van der Waals surface area contributed by atoms with Crippen LogP contribution in [0, 0.1) is 13.8 Å². The van der Waals surface area contributed by atoms with E-state index in [9.17, 15) is 4.79 Å². The summed E-state index contributed by atoms with van der Waals surface area (Å²) in [4.78, 5) is 22.7. The molecule has 2 heterocycles. The maximum Gasteiger partial charge on any atom is 0.230 e. The van der Waals surface area contributed by atoms with Gasteiger partial charge in [-0.3, -0.25) is 4.79 Å². The average molecular weight is 361 g/mol. The summed E-state index contributed by atoms with van der Waals surface area (Å²) in [5, 5.41) is 8.04. The molecular weight excluding hydrogens is 340 g/mol. The highest BCUT2D eigenvalue weighted by molar-refractivity contribution is 8.00. The molecule has 0 aromatic carbocycles. The van der Waals surface area contributed by atoms with Crippen molar-refractivity contribution >= 4 is 51.6 Å². The van der Waals surface area contributed by atoms with Crippen molar-refractivity contribution in [2.75, 3.05) is 25.4 Å². The van der Waals surface area contributed by atoms with Gasteiger partial charge < -0.3 is 10.6 Å². The molecule has 0 atom stereocenters. The van der Waals surface area contributed by atoms with Crippen molar-refractivity contribution in [1.29, 1.82) is 0 Å². The summed E-state index contributed by atoms with van der Waals surface area (Å²) in [5.74, 6) is 0.418. The normalized spacial score (nSPS) is 10.5. The summed E-state index contributed by atoms with van der Waals surface area (Å²) in [7, 11) is 0. The molecule has 0 radical (unpaired) electrons. The van der Waals surface area contributed by atoms with Crippen LogP contribution >= 0.6 is 35.5 Å². The summed E-state index contributed by atoms with van der Waals surface area (Å²) < 4.78 is 0. The lowest BCUT2D eigenvalue weighted by atomic mass is 10.2. The molecule has 0 aliphatic heterocycles. The fraction of sp³-hybridized carbons (Fsp3) is 0.500. The average Bonchev–Trinajstić information content (AvgIpc) is 2.77. The Bertz CT molecular complexity index is 633. The molecule has 0 saturated heterocycles. The van der Waals surface area contributed by atoms with E-state index in [4.69, 9.17) is 0 Å². The fourth-order valence-electron chi connectivity index (χ4n) is 1.91. The lowest BCUT2D eigenvalue weighted by Gasteiger charge is -2.06. The van der Waals surface area contributed by atoms with Gasteiger partial charge in [-0.2, -0.15) is 0 Å². The van der Waals surface area contributed by atoms with Gasteiger partial charge in [0, 0.05) is 23.4 Å². The topological polar surface area (TPSA) is 66.9 Å². The molecule has 122 valence electrons. The molecule has 2 rings (SSSR count). The van der Waals surface area contributed by atoms with E-state index in [0.717, 1.165) is 28.3 Å². The highest BCUT2D eigenvalue weighted by Crippen LogP contribution is 2.34. The van der Waals surface area contributed by atoms with Crippen LogP contribution < -0.4 is 10.6 Å². The van der Waals surface area contributed by atoms with Crippen molar-refractivity contribution in [3.63, 3.8) is 0 Å². The molecule has 2 aromatic heterocycles. The first-order chi connectivity index (χ1) is 10.1. The number of nitrogens with zero attached hydrogens (tertiary/aromatic N) is 2. The first-order valence-corrected chi connectivity index (χ1v) is 8.74. The molecule has 22 heavy (non-hydrogen) atoms. The molecule has 0 aliphatic carbocycles. The van der Waals surface area contributed by atoms with E-state index in [1.807, 2.05) is 6.92 Å². The van der Waals surface area contributed by atoms with E-state index < -0.39 is 0 Å². The quantitative estimate of drug-likeness (QED) is 0.451. The zero-order valence-corrected chi connectivity index (χ0v) is 15.4. The van der Waals surface area contributed by atoms with Gasteiger partial charge in [-0.05, 0) is 26.0 Å². The zero-order chi connectivity index (χ0) is 15.2. The Morgan fingerprint density at radius 1 is 1.32 bits per heavy atom. The van der Waals surface area contributed by atoms with Gasteiger partial charge in [-0.25, -0.2) is 9.97 Å². The highest BCUT2D eigenvalue weighted by atomic mass is 35.5. The second kappa shape index (κ2) is 9.29. The zero-order valence-electron chi connectivity index (χ0n) is 12.9. The van der Waals surface area contributed by atoms with Crippen molar-refractivity contribution in [3.05, 3.63) is 16.8 Å². The maximum absolute atomic E-state index is 11.8. The van der Waals surface area contributed by atoms with Crippen LogP contribution in [0.5, 0.6) is 0 Å². The minimum Gasteiger partial charge on any atom is -0.354 e. The van der Waals surface area contributed by atoms with E-state index >= 15 is 0 Å². The molecule has 0 bridgehead atoms. The van der Waals surface area contributed by atoms with E-state index in [2.05, 4.69) is 34.4 Å². The number of hydrogen-bond acceptors (Lipinski definition) is 6. The molecule has 0 aliphatic rings. The number of thioether (sulfide) groups is 1. The van der Waals surface area contributed by atoms with Gasteiger partial charge in [-0.15, -0.1) is 23.7 Å². The van der Waals surface area contributed by atoms with Crippen molar-refractivity contribution in [2.24, 2.45) is 0 Å². The Balaban J connectivity index is 0.00000242. The first-order valence-electron chi connectivity index (χ1n) is 6.94. The minimum absolute atomic E-state index is 0. The number of halogens is 1. The van der Waals surface area contributed by atoms with Gasteiger partial charge in [0.1, 0.15) is 16.2 Å². The number of likely N-dealkylation sites (N-methyl/N-ethyl adjacent to an activating group) is 1. The number of hydrogen-bond donors (Lipinski definition) is 2. The minimum atomic E-state index is 0. The molecule has 2 aromatic rings. The molecule has 8 heteroatoms. The number of aromatic nitrogens is 2. The fourth-order valence-corrected chi connectivity index (χ4v) is 3.86. The lowest BCUT2D eigenvalue weighted by Crippen LogP contribution is -2.32. The molecule has 0 unspecified atom stereocenters. The molecule has 2 N–H and O–H groups in total.